The number of aromatic hydroxyl groups is 1. The predicted molar refractivity (Wildman–Crippen MR) is 66.2 cm³/mol. The van der Waals surface area contributed by atoms with E-state index in [9.17, 15) is 10.2 Å². The van der Waals surface area contributed by atoms with Crippen LogP contribution in [0.25, 0.3) is 0 Å². The number of phenols is 1. The van der Waals surface area contributed by atoms with Crippen LogP contribution < -0.4 is 5.32 Å². The third-order valence-electron chi connectivity index (χ3n) is 3.21. The highest BCUT2D eigenvalue weighted by molar-refractivity contribution is 5.85. The number of nitrogens with zero attached hydrogens (tertiary/aromatic N) is 1. The molecule has 3 N–H and O–H groups in total. The Bertz CT molecular complexity index is 457. The maximum atomic E-state index is 10.1. The lowest BCUT2D eigenvalue weighted by molar-refractivity contribution is 0.119. The zero-order valence-electron chi connectivity index (χ0n) is 9.47. The Morgan fingerprint density at radius 2 is 2.18 bits per heavy atom. The number of benzene rings is 1. The van der Waals surface area contributed by atoms with Crippen molar-refractivity contribution in [1.82, 2.24) is 5.32 Å². The molecule has 1 aromatic rings. The first-order chi connectivity index (χ1) is 7.69. The minimum atomic E-state index is -0.610. The molecule has 17 heavy (non-hydrogen) atoms. The van der Waals surface area contributed by atoms with E-state index in [1.165, 1.54) is 6.07 Å². The van der Waals surface area contributed by atoms with Crippen LogP contribution in [0, 0.1) is 11.3 Å². The van der Waals surface area contributed by atoms with Crippen molar-refractivity contribution >= 4 is 12.4 Å². The number of aliphatic hydroxyl groups excluding tert-OH is 1. The molecule has 0 bridgehead atoms. The molecule has 0 spiro atoms. The third kappa shape index (κ3) is 2.22. The lowest BCUT2D eigenvalue weighted by atomic mass is 9.83. The molecule has 0 amide bonds. The second-order valence-corrected chi connectivity index (χ2v) is 4.02. The summed E-state index contributed by atoms with van der Waals surface area (Å²) in [4.78, 5) is 0. The molecular formula is C12H15ClN2O2. The highest BCUT2D eigenvalue weighted by Crippen LogP contribution is 2.35. The Labute approximate surface area is 106 Å². The van der Waals surface area contributed by atoms with Crippen LogP contribution in [0.5, 0.6) is 5.75 Å². The second-order valence-electron chi connectivity index (χ2n) is 4.02. The van der Waals surface area contributed by atoms with Crippen LogP contribution in [0.1, 0.15) is 29.2 Å². The summed E-state index contributed by atoms with van der Waals surface area (Å²) >= 11 is 0. The summed E-state index contributed by atoms with van der Waals surface area (Å²) in [5.41, 5.74) is 1.83. The molecule has 0 fully saturated rings. The molecule has 5 heteroatoms. The summed E-state index contributed by atoms with van der Waals surface area (Å²) in [7, 11) is 1.81. The molecule has 0 aromatic heterocycles. The number of rotatable bonds is 1. The SMILES string of the molecule is CN[C@H]1CCc2c(ccc(O)c2C#N)[C@@H]1O.Cl. The monoisotopic (exact) mass is 254 g/mol. The fourth-order valence-corrected chi connectivity index (χ4v) is 2.30. The van der Waals surface area contributed by atoms with Crippen molar-refractivity contribution in [2.45, 2.75) is 25.0 Å². The quantitative estimate of drug-likeness (QED) is 0.705. The fraction of sp³-hybridized carbons (Fsp3) is 0.417. The van der Waals surface area contributed by atoms with E-state index in [4.69, 9.17) is 5.26 Å². The zero-order chi connectivity index (χ0) is 11.7. The molecule has 92 valence electrons. The Morgan fingerprint density at radius 3 is 2.76 bits per heavy atom. The van der Waals surface area contributed by atoms with E-state index in [0.717, 1.165) is 17.5 Å². The van der Waals surface area contributed by atoms with Gasteiger partial charge < -0.3 is 15.5 Å². The van der Waals surface area contributed by atoms with Gasteiger partial charge in [-0.1, -0.05) is 6.07 Å². The van der Waals surface area contributed by atoms with Gasteiger partial charge in [-0.25, -0.2) is 0 Å². The summed E-state index contributed by atoms with van der Waals surface area (Å²) in [5.74, 6) is -0.00337. The number of likely N-dealkylation sites (N-methyl/N-ethyl adjacent to an activating group) is 1. The number of nitriles is 1. The van der Waals surface area contributed by atoms with Crippen molar-refractivity contribution in [1.29, 1.82) is 5.26 Å². The van der Waals surface area contributed by atoms with Gasteiger partial charge in [0.15, 0.2) is 0 Å². The molecular weight excluding hydrogens is 240 g/mol. The van der Waals surface area contributed by atoms with E-state index >= 15 is 0 Å². The number of aliphatic hydroxyl groups is 1. The van der Waals surface area contributed by atoms with Crippen LogP contribution in [0.2, 0.25) is 0 Å². The van der Waals surface area contributed by atoms with Crippen LogP contribution in [-0.2, 0) is 6.42 Å². The molecule has 0 unspecified atom stereocenters. The third-order valence-corrected chi connectivity index (χ3v) is 3.21. The molecule has 0 radical (unpaired) electrons. The van der Waals surface area contributed by atoms with Gasteiger partial charge in [0.25, 0.3) is 0 Å². The first kappa shape index (κ1) is 13.8. The number of nitrogens with one attached hydrogen (secondary N) is 1. The summed E-state index contributed by atoms with van der Waals surface area (Å²) in [6, 6.07) is 5.18. The van der Waals surface area contributed by atoms with Gasteiger partial charge in [-0.2, -0.15) is 5.26 Å². The van der Waals surface area contributed by atoms with Gasteiger partial charge in [0.05, 0.1) is 11.7 Å². The average Bonchev–Trinajstić information content (AvgIpc) is 2.29. The van der Waals surface area contributed by atoms with Crippen molar-refractivity contribution in [3.8, 4) is 11.8 Å². The summed E-state index contributed by atoms with van der Waals surface area (Å²) in [5, 5.41) is 31.7. The number of fused-ring (bicyclic) bond motifs is 1. The summed E-state index contributed by atoms with van der Waals surface area (Å²) < 4.78 is 0. The van der Waals surface area contributed by atoms with Gasteiger partial charge in [-0.15, -0.1) is 12.4 Å². The minimum Gasteiger partial charge on any atom is -0.507 e. The van der Waals surface area contributed by atoms with Crippen LogP contribution in [0.15, 0.2) is 12.1 Å². The maximum Gasteiger partial charge on any atom is 0.133 e. The van der Waals surface area contributed by atoms with Gasteiger partial charge in [0.1, 0.15) is 11.8 Å². The topological polar surface area (TPSA) is 76.3 Å². The van der Waals surface area contributed by atoms with E-state index in [2.05, 4.69) is 5.32 Å². The molecule has 0 aliphatic heterocycles. The van der Waals surface area contributed by atoms with E-state index in [1.54, 1.807) is 6.07 Å². The van der Waals surface area contributed by atoms with Crippen molar-refractivity contribution in [2.75, 3.05) is 7.05 Å². The van der Waals surface area contributed by atoms with Gasteiger partial charge in [-0.05, 0) is 37.1 Å². The van der Waals surface area contributed by atoms with Crippen molar-refractivity contribution in [3.63, 3.8) is 0 Å². The summed E-state index contributed by atoms with van der Waals surface area (Å²) in [6.07, 6.45) is 0.860. The highest BCUT2D eigenvalue weighted by atomic mass is 35.5. The minimum absolute atomic E-state index is 0. The van der Waals surface area contributed by atoms with Crippen LogP contribution >= 0.6 is 12.4 Å². The Kier molecular flexibility index (Phi) is 4.35. The molecule has 1 aliphatic rings. The van der Waals surface area contributed by atoms with Crippen LogP contribution in [0.4, 0.5) is 0 Å². The number of phenolic OH excluding ortho intramolecular Hbond substituents is 1. The van der Waals surface area contributed by atoms with E-state index in [1.807, 2.05) is 13.1 Å². The first-order valence-corrected chi connectivity index (χ1v) is 5.29. The Balaban J connectivity index is 0.00000144. The van der Waals surface area contributed by atoms with Gasteiger partial charge in [0, 0.05) is 6.04 Å². The van der Waals surface area contributed by atoms with Gasteiger partial charge in [0.2, 0.25) is 0 Å². The maximum absolute atomic E-state index is 10.1. The molecule has 0 saturated heterocycles. The molecule has 2 rings (SSSR count). The van der Waals surface area contributed by atoms with Crippen LogP contribution in [0.3, 0.4) is 0 Å². The van der Waals surface area contributed by atoms with E-state index in [0.29, 0.717) is 12.0 Å². The molecule has 4 nitrogen and oxygen atoms in total. The van der Waals surface area contributed by atoms with Crippen molar-refractivity contribution in [2.24, 2.45) is 0 Å². The van der Waals surface area contributed by atoms with Crippen molar-refractivity contribution < 1.29 is 10.2 Å². The first-order valence-electron chi connectivity index (χ1n) is 5.29. The second kappa shape index (κ2) is 5.37. The van der Waals surface area contributed by atoms with E-state index < -0.39 is 6.10 Å². The average molecular weight is 255 g/mol. The van der Waals surface area contributed by atoms with Gasteiger partial charge in [-0.3, -0.25) is 0 Å². The number of hydrogen-bond donors (Lipinski definition) is 3. The molecule has 2 atom stereocenters. The van der Waals surface area contributed by atoms with Gasteiger partial charge >= 0.3 is 0 Å². The zero-order valence-corrected chi connectivity index (χ0v) is 10.3. The fourth-order valence-electron chi connectivity index (χ4n) is 2.30. The highest BCUT2D eigenvalue weighted by Gasteiger charge is 2.29. The van der Waals surface area contributed by atoms with Crippen molar-refractivity contribution in [3.05, 3.63) is 28.8 Å². The smallest absolute Gasteiger partial charge is 0.133 e. The predicted octanol–water partition coefficient (Wildman–Crippen LogP) is 1.25. The molecule has 0 heterocycles. The summed E-state index contributed by atoms with van der Waals surface area (Å²) in [6.45, 7) is 0. The molecule has 1 aliphatic carbocycles. The standard InChI is InChI=1S/C12H14N2O2.ClH/c1-14-10-4-2-7-8(12(10)16)3-5-11(15)9(7)6-13;/h3,5,10,12,14-16H,2,4H2,1H3;1H/t10-,12-;/m0./s1. The number of hydrogen-bond acceptors (Lipinski definition) is 4. The Hall–Kier alpha value is -1.28. The lowest BCUT2D eigenvalue weighted by Gasteiger charge is -2.30. The van der Waals surface area contributed by atoms with E-state index in [-0.39, 0.29) is 24.2 Å². The normalized spacial score (nSPS) is 22.2. The molecule has 1 aromatic carbocycles. The Morgan fingerprint density at radius 1 is 1.47 bits per heavy atom. The largest absolute Gasteiger partial charge is 0.507 e. The van der Waals surface area contributed by atoms with Crippen LogP contribution in [-0.4, -0.2) is 23.3 Å². The number of halogens is 1. The molecule has 0 saturated carbocycles. The lowest BCUT2D eigenvalue weighted by Crippen LogP contribution is -2.36.